The quantitative estimate of drug-likeness (QED) is 0.159. The average Bonchev–Trinajstić information content (AvgIpc) is 3.93. The highest BCUT2D eigenvalue weighted by Crippen LogP contribution is 2.44. The molecular weight excluding hydrogens is 820 g/mol. The number of aromatic nitrogens is 2. The molecule has 0 N–H and O–H groups in total. The number of benzene rings is 3. The van der Waals surface area contributed by atoms with Gasteiger partial charge in [0.25, 0.3) is 0 Å². The molecule has 4 atom stereocenters. The van der Waals surface area contributed by atoms with E-state index < -0.39 is 0 Å². The van der Waals surface area contributed by atoms with Gasteiger partial charge in [0.05, 0.1) is 42.2 Å². The van der Waals surface area contributed by atoms with E-state index in [0.29, 0.717) is 29.5 Å². The number of methoxy groups -OCH3 is 1. The third-order valence-electron chi connectivity index (χ3n) is 12.1. The van der Waals surface area contributed by atoms with Crippen molar-refractivity contribution in [2.24, 2.45) is 40.5 Å². The topological polar surface area (TPSA) is 45.5 Å². The summed E-state index contributed by atoms with van der Waals surface area (Å²) >= 11 is 12.5. The second-order valence-corrected chi connectivity index (χ2v) is 24.0. The zero-order chi connectivity index (χ0) is 47.5. The Kier molecular flexibility index (Phi) is 20.8. The van der Waals surface area contributed by atoms with E-state index in [0.717, 1.165) is 27.1 Å². The van der Waals surface area contributed by atoms with Gasteiger partial charge < -0.3 is 14.2 Å². The zero-order valence-corrected chi connectivity index (χ0v) is 44.4. The molecule has 0 amide bonds. The molecule has 63 heavy (non-hydrogen) atoms. The molecule has 4 aromatic rings. The molecule has 1 heterocycles. The lowest BCUT2D eigenvalue weighted by atomic mass is 9.70. The second kappa shape index (κ2) is 23.9. The van der Waals surface area contributed by atoms with Gasteiger partial charge in [0.2, 0.25) is 0 Å². The summed E-state index contributed by atoms with van der Waals surface area (Å²) < 4.78 is 19.7. The summed E-state index contributed by atoms with van der Waals surface area (Å²) in [6.07, 6.45) is 12.5. The number of ether oxygens (including phenoxy) is 3. The van der Waals surface area contributed by atoms with Crippen molar-refractivity contribution < 1.29 is 14.2 Å². The molecule has 0 radical (unpaired) electrons. The van der Waals surface area contributed by atoms with Crippen LogP contribution in [0.3, 0.4) is 0 Å². The van der Waals surface area contributed by atoms with Crippen LogP contribution in [0, 0.1) is 33.5 Å². The Morgan fingerprint density at radius 1 is 0.635 bits per heavy atom. The highest BCUT2D eigenvalue weighted by atomic mass is 35.5. The Morgan fingerprint density at radius 2 is 1.14 bits per heavy atom. The maximum atomic E-state index is 6.25. The lowest BCUT2D eigenvalue weighted by molar-refractivity contribution is -0.0542. The van der Waals surface area contributed by atoms with Crippen LogP contribution in [0.5, 0.6) is 0 Å². The van der Waals surface area contributed by atoms with Gasteiger partial charge in [0.1, 0.15) is 0 Å². The molecule has 354 valence electrons. The maximum absolute atomic E-state index is 6.25. The first kappa shape index (κ1) is 54.9. The third kappa shape index (κ3) is 17.4. The number of hydrogen-bond acceptors (Lipinski definition) is 4. The average molecular weight is 908 g/mol. The van der Waals surface area contributed by atoms with Gasteiger partial charge >= 0.3 is 0 Å². The van der Waals surface area contributed by atoms with Crippen LogP contribution in [0.15, 0.2) is 72.9 Å². The number of aryl methyl sites for hydroxylation is 1. The SMILES string of the molecule is CC(C)(C)C(OC1CC1)c1ccccc1Cl.CC(C)C(c1ccc2cnn(C)c2c1)C(C)(C)C.CC(C)OC(c1ccccc1Cl)C(C)(C)C.COC(C1CCCCC1)C(C)(C)C. The summed E-state index contributed by atoms with van der Waals surface area (Å²) in [6.45, 7) is 35.7. The maximum Gasteiger partial charge on any atom is 0.0891 e. The number of fused-ring (bicyclic) bond motifs is 1. The molecule has 4 unspecified atom stereocenters. The van der Waals surface area contributed by atoms with E-state index in [4.69, 9.17) is 37.4 Å². The first-order chi connectivity index (χ1) is 29.2. The molecule has 6 rings (SSSR count). The number of hydrogen-bond donors (Lipinski definition) is 0. The van der Waals surface area contributed by atoms with Crippen molar-refractivity contribution in [2.45, 2.75) is 192 Å². The Balaban J connectivity index is 0.000000225. The summed E-state index contributed by atoms with van der Waals surface area (Å²) in [5, 5.41) is 7.13. The molecule has 0 saturated heterocycles. The van der Waals surface area contributed by atoms with E-state index in [2.05, 4.69) is 140 Å². The van der Waals surface area contributed by atoms with Gasteiger partial charge in [-0.05, 0) is 114 Å². The molecule has 1 aromatic heterocycles. The molecule has 3 aromatic carbocycles. The van der Waals surface area contributed by atoms with E-state index >= 15 is 0 Å². The molecule has 5 nitrogen and oxygen atoms in total. The fourth-order valence-electron chi connectivity index (χ4n) is 9.46. The lowest BCUT2D eigenvalue weighted by Crippen LogP contribution is -2.36. The van der Waals surface area contributed by atoms with Crippen molar-refractivity contribution in [3.05, 3.63) is 99.7 Å². The van der Waals surface area contributed by atoms with Gasteiger partial charge in [0.15, 0.2) is 0 Å². The van der Waals surface area contributed by atoms with Crippen molar-refractivity contribution in [3.8, 4) is 0 Å². The smallest absolute Gasteiger partial charge is 0.0891 e. The van der Waals surface area contributed by atoms with Crippen LogP contribution in [0.25, 0.3) is 10.9 Å². The highest BCUT2D eigenvalue weighted by Gasteiger charge is 2.36. The Bertz CT molecular complexity index is 1870. The predicted molar refractivity (Wildman–Crippen MR) is 272 cm³/mol. The zero-order valence-electron chi connectivity index (χ0n) is 42.9. The second-order valence-electron chi connectivity index (χ2n) is 23.1. The van der Waals surface area contributed by atoms with Gasteiger partial charge in [-0.2, -0.15) is 5.10 Å². The van der Waals surface area contributed by atoms with Crippen LogP contribution in [-0.4, -0.2) is 35.2 Å². The number of nitrogens with zero attached hydrogens (tertiary/aromatic N) is 2. The van der Waals surface area contributed by atoms with Gasteiger partial charge in [-0.25, -0.2) is 0 Å². The minimum Gasteiger partial charge on any atom is -0.381 e. The van der Waals surface area contributed by atoms with E-state index in [1.807, 2.05) is 67.5 Å². The van der Waals surface area contributed by atoms with Crippen molar-refractivity contribution in [1.82, 2.24) is 9.78 Å². The Morgan fingerprint density at radius 3 is 1.56 bits per heavy atom. The molecule has 2 aliphatic carbocycles. The minimum atomic E-state index is 0.0289. The predicted octanol–water partition coefficient (Wildman–Crippen LogP) is 17.4. The summed E-state index contributed by atoms with van der Waals surface area (Å²) in [5.41, 5.74) is 5.53. The first-order valence-electron chi connectivity index (χ1n) is 23.9. The summed E-state index contributed by atoms with van der Waals surface area (Å²) in [4.78, 5) is 0. The number of rotatable bonds is 10. The Hall–Kier alpha value is -2.41. The lowest BCUT2D eigenvalue weighted by Gasteiger charge is -2.37. The molecule has 0 bridgehead atoms. The molecule has 0 aliphatic heterocycles. The van der Waals surface area contributed by atoms with Crippen molar-refractivity contribution in [1.29, 1.82) is 0 Å². The molecule has 7 heteroatoms. The van der Waals surface area contributed by atoms with Gasteiger partial charge in [-0.15, -0.1) is 0 Å². The van der Waals surface area contributed by atoms with Crippen LogP contribution in [-0.2, 0) is 21.3 Å². The molecule has 0 spiro atoms. The molecule has 2 fully saturated rings. The van der Waals surface area contributed by atoms with Gasteiger partial charge in [-0.3, -0.25) is 4.68 Å². The third-order valence-corrected chi connectivity index (χ3v) is 12.8. The van der Waals surface area contributed by atoms with Gasteiger partial charge in [-0.1, -0.05) is 188 Å². The molecule has 2 aliphatic rings. The van der Waals surface area contributed by atoms with Crippen LogP contribution in [0.4, 0.5) is 0 Å². The fraction of sp³-hybridized carbons (Fsp3) is 0.661. The monoisotopic (exact) mass is 907 g/mol. The summed E-state index contributed by atoms with van der Waals surface area (Å²) in [6, 6.07) is 22.7. The normalized spacial score (nSPS) is 17.2. The highest BCUT2D eigenvalue weighted by molar-refractivity contribution is 6.31. The van der Waals surface area contributed by atoms with Crippen LogP contribution in [0.1, 0.15) is 191 Å². The largest absolute Gasteiger partial charge is 0.381 e. The molecular formula is C56H88Cl2N2O3. The van der Waals surface area contributed by atoms with Gasteiger partial charge in [0, 0.05) is 29.6 Å². The van der Waals surface area contributed by atoms with Crippen molar-refractivity contribution in [3.63, 3.8) is 0 Å². The van der Waals surface area contributed by atoms with Crippen molar-refractivity contribution >= 4 is 34.1 Å². The van der Waals surface area contributed by atoms with Crippen LogP contribution >= 0.6 is 23.2 Å². The van der Waals surface area contributed by atoms with E-state index in [-0.39, 0.29) is 34.6 Å². The van der Waals surface area contributed by atoms with E-state index in [1.165, 1.54) is 61.4 Å². The summed E-state index contributed by atoms with van der Waals surface area (Å²) in [7, 11) is 3.87. The van der Waals surface area contributed by atoms with Crippen molar-refractivity contribution in [2.75, 3.05) is 7.11 Å². The fourth-order valence-corrected chi connectivity index (χ4v) is 9.93. The van der Waals surface area contributed by atoms with Crippen LogP contribution < -0.4 is 0 Å². The summed E-state index contributed by atoms with van der Waals surface area (Å²) in [5.74, 6) is 2.01. The minimum absolute atomic E-state index is 0.0289. The standard InChI is InChI=1S/C16H24N2.C14H19ClO.C14H21ClO.C12H24O/c1-11(2)15(16(3,4)5)12-7-8-13-10-17-18(6)14(13)9-12;1-14(2,3)13(16-10-8-9-10)11-6-4-5-7-12(11)15;1-10(2)16-13(14(3,4)5)11-8-6-7-9-12(11)15;1-12(2,3)11(13-4)10-8-6-5-7-9-10/h7-11,15H,1-6H3;4-7,10,13H,8-9H2,1-3H3;6-10,13H,1-5H3;10-11H,5-9H2,1-4H3. The first-order valence-corrected chi connectivity index (χ1v) is 24.7. The number of halogens is 2. The van der Waals surface area contributed by atoms with Crippen LogP contribution in [0.2, 0.25) is 10.0 Å². The molecule has 2 saturated carbocycles. The van der Waals surface area contributed by atoms with E-state index in [9.17, 15) is 0 Å². The Labute approximate surface area is 395 Å². The van der Waals surface area contributed by atoms with E-state index in [1.54, 1.807) is 0 Å².